The van der Waals surface area contributed by atoms with Gasteiger partial charge in [-0.05, 0) is 32.1 Å². The Morgan fingerprint density at radius 1 is 1.24 bits per heavy atom. The third-order valence-corrected chi connectivity index (χ3v) is 2.98. The normalized spacial score (nSPS) is 21.6. The monoisotopic (exact) mass is 241 g/mol. The molecule has 1 rings (SSSR count). The number of carbonyl (C=O) groups excluding carboxylic acids is 2. The van der Waals surface area contributed by atoms with E-state index in [-0.39, 0.29) is 18.4 Å². The fourth-order valence-electron chi connectivity index (χ4n) is 2.42. The largest absolute Gasteiger partial charge is 0.388 e. The minimum absolute atomic E-state index is 0.128. The second-order valence-electron chi connectivity index (χ2n) is 5.68. The Hall–Kier alpha value is -0.900. The summed E-state index contributed by atoms with van der Waals surface area (Å²) in [7, 11) is 0. The van der Waals surface area contributed by atoms with Crippen LogP contribution in [0.2, 0.25) is 0 Å². The molecule has 1 saturated heterocycles. The Bertz CT molecular complexity index is 279. The van der Waals surface area contributed by atoms with Crippen molar-refractivity contribution < 1.29 is 14.7 Å². The number of imide groups is 1. The number of aliphatic hydroxyl groups is 1. The van der Waals surface area contributed by atoms with Gasteiger partial charge in [0.1, 0.15) is 0 Å². The lowest BCUT2D eigenvalue weighted by molar-refractivity contribution is -0.148. The highest BCUT2D eigenvalue weighted by Crippen LogP contribution is 2.21. The summed E-state index contributed by atoms with van der Waals surface area (Å²) in [5.41, 5.74) is -0.982. The van der Waals surface area contributed by atoms with Crippen molar-refractivity contribution in [2.45, 2.75) is 58.5 Å². The first-order chi connectivity index (χ1) is 7.82. The third kappa shape index (κ3) is 4.46. The van der Waals surface area contributed by atoms with Crippen LogP contribution < -0.4 is 0 Å². The van der Waals surface area contributed by atoms with Crippen molar-refractivity contribution in [2.24, 2.45) is 5.92 Å². The fourth-order valence-corrected chi connectivity index (χ4v) is 2.42. The summed E-state index contributed by atoms with van der Waals surface area (Å²) in [6.45, 7) is 5.85. The molecule has 4 heteroatoms. The van der Waals surface area contributed by atoms with Crippen LogP contribution in [0.5, 0.6) is 0 Å². The Morgan fingerprint density at radius 3 is 2.12 bits per heavy atom. The number of amides is 2. The maximum absolute atomic E-state index is 11.8. The first kappa shape index (κ1) is 14.2. The van der Waals surface area contributed by atoms with E-state index in [2.05, 4.69) is 0 Å². The molecule has 0 bridgehead atoms. The highest BCUT2D eigenvalue weighted by molar-refractivity contribution is 5.96. The van der Waals surface area contributed by atoms with Crippen molar-refractivity contribution >= 4 is 11.8 Å². The second kappa shape index (κ2) is 5.63. The van der Waals surface area contributed by atoms with Crippen molar-refractivity contribution in [2.75, 3.05) is 6.54 Å². The fraction of sp³-hybridized carbons (Fsp3) is 0.846. The van der Waals surface area contributed by atoms with Gasteiger partial charge in [0.05, 0.1) is 12.1 Å². The SMILES string of the molecule is CC(C)CC(C)(O)CN1C(=O)CCCCC1=O. The van der Waals surface area contributed by atoms with Crippen molar-refractivity contribution in [3.05, 3.63) is 0 Å². The van der Waals surface area contributed by atoms with Crippen LogP contribution in [0, 0.1) is 5.92 Å². The summed E-state index contributed by atoms with van der Waals surface area (Å²) in [6, 6.07) is 0. The summed E-state index contributed by atoms with van der Waals surface area (Å²) in [5.74, 6) is 0.0512. The smallest absolute Gasteiger partial charge is 0.229 e. The van der Waals surface area contributed by atoms with E-state index in [0.717, 1.165) is 12.8 Å². The number of nitrogens with zero attached hydrogens (tertiary/aromatic N) is 1. The molecule has 0 aromatic rings. The standard InChI is InChI=1S/C13H23NO3/c1-10(2)8-13(3,17)9-14-11(15)6-4-5-7-12(14)16/h10,17H,4-9H2,1-3H3. The Kier molecular flexibility index (Phi) is 4.69. The molecule has 0 spiro atoms. The lowest BCUT2D eigenvalue weighted by atomic mass is 9.93. The quantitative estimate of drug-likeness (QED) is 0.762. The van der Waals surface area contributed by atoms with Gasteiger partial charge < -0.3 is 5.11 Å². The average molecular weight is 241 g/mol. The van der Waals surface area contributed by atoms with Gasteiger partial charge in [0.25, 0.3) is 0 Å². The van der Waals surface area contributed by atoms with Crippen LogP contribution in [-0.4, -0.2) is 34.0 Å². The molecule has 1 N–H and O–H groups in total. The molecule has 1 fully saturated rings. The number of carbonyl (C=O) groups is 2. The van der Waals surface area contributed by atoms with Gasteiger partial charge in [0, 0.05) is 12.8 Å². The average Bonchev–Trinajstić information content (AvgIpc) is 2.30. The first-order valence-corrected chi connectivity index (χ1v) is 6.37. The van der Waals surface area contributed by atoms with E-state index >= 15 is 0 Å². The molecule has 1 atom stereocenters. The van der Waals surface area contributed by atoms with Crippen LogP contribution in [0.15, 0.2) is 0 Å². The minimum Gasteiger partial charge on any atom is -0.388 e. The predicted molar refractivity (Wildman–Crippen MR) is 65.3 cm³/mol. The third-order valence-electron chi connectivity index (χ3n) is 2.98. The van der Waals surface area contributed by atoms with Gasteiger partial charge in [-0.25, -0.2) is 0 Å². The molecular formula is C13H23NO3. The second-order valence-corrected chi connectivity index (χ2v) is 5.68. The molecule has 0 radical (unpaired) electrons. The zero-order chi connectivity index (χ0) is 13.1. The van der Waals surface area contributed by atoms with Gasteiger partial charge in [-0.1, -0.05) is 13.8 Å². The molecule has 2 amide bonds. The van der Waals surface area contributed by atoms with Crippen molar-refractivity contribution in [3.8, 4) is 0 Å². The van der Waals surface area contributed by atoms with Crippen LogP contribution in [0.4, 0.5) is 0 Å². The van der Waals surface area contributed by atoms with Gasteiger partial charge in [0.15, 0.2) is 0 Å². The molecule has 1 unspecified atom stereocenters. The summed E-state index contributed by atoms with van der Waals surface area (Å²) in [5, 5.41) is 10.2. The minimum atomic E-state index is -0.982. The van der Waals surface area contributed by atoms with E-state index in [4.69, 9.17) is 0 Å². The Labute approximate surface area is 103 Å². The molecule has 0 saturated carbocycles. The molecule has 4 nitrogen and oxygen atoms in total. The van der Waals surface area contributed by atoms with E-state index < -0.39 is 5.60 Å². The molecule has 1 heterocycles. The molecule has 17 heavy (non-hydrogen) atoms. The Balaban J connectivity index is 2.69. The summed E-state index contributed by atoms with van der Waals surface area (Å²) in [4.78, 5) is 24.8. The maximum Gasteiger partial charge on any atom is 0.229 e. The van der Waals surface area contributed by atoms with Crippen LogP contribution >= 0.6 is 0 Å². The van der Waals surface area contributed by atoms with Crippen molar-refractivity contribution in [1.29, 1.82) is 0 Å². The van der Waals surface area contributed by atoms with Crippen LogP contribution in [0.3, 0.4) is 0 Å². The predicted octanol–water partition coefficient (Wildman–Crippen LogP) is 1.71. The molecule has 0 aromatic heterocycles. The van der Waals surface area contributed by atoms with Crippen molar-refractivity contribution in [3.63, 3.8) is 0 Å². The number of rotatable bonds is 4. The summed E-state index contributed by atoms with van der Waals surface area (Å²) >= 11 is 0. The number of likely N-dealkylation sites (tertiary alicyclic amines) is 1. The first-order valence-electron chi connectivity index (χ1n) is 6.37. The van der Waals surface area contributed by atoms with Crippen LogP contribution in [0.1, 0.15) is 52.9 Å². The lowest BCUT2D eigenvalue weighted by Crippen LogP contribution is -2.46. The highest BCUT2D eigenvalue weighted by Gasteiger charge is 2.32. The molecule has 1 aliphatic heterocycles. The summed E-state index contributed by atoms with van der Waals surface area (Å²) in [6.07, 6.45) is 2.97. The van der Waals surface area contributed by atoms with Gasteiger partial charge in [-0.15, -0.1) is 0 Å². The van der Waals surface area contributed by atoms with Crippen LogP contribution in [0.25, 0.3) is 0 Å². The van der Waals surface area contributed by atoms with E-state index in [1.54, 1.807) is 6.92 Å². The van der Waals surface area contributed by atoms with E-state index in [1.165, 1.54) is 4.90 Å². The lowest BCUT2D eigenvalue weighted by Gasteiger charge is -2.31. The molecule has 98 valence electrons. The summed E-state index contributed by atoms with van der Waals surface area (Å²) < 4.78 is 0. The molecule has 1 aliphatic rings. The van der Waals surface area contributed by atoms with Gasteiger partial charge in [-0.3, -0.25) is 14.5 Å². The number of hydrogen-bond donors (Lipinski definition) is 1. The number of hydrogen-bond acceptors (Lipinski definition) is 3. The highest BCUT2D eigenvalue weighted by atomic mass is 16.3. The van der Waals surface area contributed by atoms with E-state index in [9.17, 15) is 14.7 Å². The van der Waals surface area contributed by atoms with Crippen LogP contribution in [-0.2, 0) is 9.59 Å². The van der Waals surface area contributed by atoms with Gasteiger partial charge in [-0.2, -0.15) is 0 Å². The maximum atomic E-state index is 11.8. The van der Waals surface area contributed by atoms with E-state index in [0.29, 0.717) is 25.2 Å². The number of β-amino-alcohol motifs (C(OH)–C–C–N with tert-alkyl or cyclic N) is 1. The topological polar surface area (TPSA) is 57.6 Å². The van der Waals surface area contributed by atoms with Crippen molar-refractivity contribution in [1.82, 2.24) is 4.90 Å². The van der Waals surface area contributed by atoms with E-state index in [1.807, 2.05) is 13.8 Å². The van der Waals surface area contributed by atoms with Gasteiger partial charge >= 0.3 is 0 Å². The molecule has 0 aromatic carbocycles. The molecule has 0 aliphatic carbocycles. The zero-order valence-electron chi connectivity index (χ0n) is 11.0. The zero-order valence-corrected chi connectivity index (χ0v) is 11.0. The molecular weight excluding hydrogens is 218 g/mol. The van der Waals surface area contributed by atoms with Gasteiger partial charge in [0.2, 0.25) is 11.8 Å². The Morgan fingerprint density at radius 2 is 1.71 bits per heavy atom.